The second-order valence-electron chi connectivity index (χ2n) is 6.02. The number of nitrogens with zero attached hydrogens (tertiary/aromatic N) is 5. The summed E-state index contributed by atoms with van der Waals surface area (Å²) < 4.78 is 41.2. The number of pyridine rings is 1. The third-order valence-corrected chi connectivity index (χ3v) is 4.04. The molecular formula is C19H16F3N5O2. The van der Waals surface area contributed by atoms with Gasteiger partial charge in [0.1, 0.15) is 12.2 Å². The molecular weight excluding hydrogens is 387 g/mol. The predicted molar refractivity (Wildman–Crippen MR) is 98.2 cm³/mol. The number of alkyl halides is 3. The lowest BCUT2D eigenvalue weighted by Crippen LogP contribution is -2.11. The first-order valence-corrected chi connectivity index (χ1v) is 8.44. The Kier molecular flexibility index (Phi) is 5.91. The summed E-state index contributed by atoms with van der Waals surface area (Å²) >= 11 is 0. The minimum absolute atomic E-state index is 0.228. The number of hydrogen-bond acceptors (Lipinski definition) is 4. The van der Waals surface area contributed by atoms with Crippen molar-refractivity contribution in [2.45, 2.75) is 19.1 Å². The SMILES string of the molecule is FC(F)(F)Cc1ccc(-c2nccn2Cc2cccc3ncnn23)cc1.O=CO. The van der Waals surface area contributed by atoms with Crippen molar-refractivity contribution in [1.82, 2.24) is 24.1 Å². The van der Waals surface area contributed by atoms with Gasteiger partial charge in [0, 0.05) is 18.0 Å². The lowest BCUT2D eigenvalue weighted by molar-refractivity contribution is -0.127. The third kappa shape index (κ3) is 4.98. The van der Waals surface area contributed by atoms with Gasteiger partial charge in [0.15, 0.2) is 5.65 Å². The molecule has 4 rings (SSSR count). The Balaban J connectivity index is 0.000000755. The molecule has 0 saturated carbocycles. The Hall–Kier alpha value is -3.69. The number of imidazole rings is 1. The summed E-state index contributed by atoms with van der Waals surface area (Å²) in [6.45, 7) is 0.264. The summed E-state index contributed by atoms with van der Waals surface area (Å²) in [4.78, 5) is 16.9. The second kappa shape index (κ2) is 8.55. The Morgan fingerprint density at radius 3 is 2.48 bits per heavy atom. The molecule has 0 bridgehead atoms. The van der Waals surface area contributed by atoms with Crippen molar-refractivity contribution in [2.24, 2.45) is 0 Å². The van der Waals surface area contributed by atoms with Gasteiger partial charge < -0.3 is 9.67 Å². The van der Waals surface area contributed by atoms with E-state index in [-0.39, 0.29) is 12.0 Å². The molecule has 0 atom stereocenters. The number of hydrogen-bond donors (Lipinski definition) is 1. The van der Waals surface area contributed by atoms with Crippen molar-refractivity contribution in [3.05, 3.63) is 72.4 Å². The van der Waals surface area contributed by atoms with Crippen LogP contribution in [0.5, 0.6) is 0 Å². The Bertz CT molecular complexity index is 1090. The zero-order chi connectivity index (χ0) is 20.9. The minimum atomic E-state index is -4.21. The van der Waals surface area contributed by atoms with E-state index < -0.39 is 12.6 Å². The van der Waals surface area contributed by atoms with Crippen LogP contribution in [0.15, 0.2) is 61.2 Å². The second-order valence-corrected chi connectivity index (χ2v) is 6.02. The standard InChI is InChI=1S/C18H14F3N5.CH2O2/c19-18(20,21)10-13-4-6-14(7-5-13)17-22-8-9-25(17)11-15-2-1-3-16-23-12-24-26(15)16;2-1-3/h1-9,12H,10-11H2;1H,(H,2,3). The molecule has 0 spiro atoms. The first kappa shape index (κ1) is 20.1. The van der Waals surface area contributed by atoms with E-state index in [1.165, 1.54) is 18.5 Å². The van der Waals surface area contributed by atoms with Gasteiger partial charge in [-0.15, -0.1) is 0 Å². The van der Waals surface area contributed by atoms with Crippen molar-refractivity contribution < 1.29 is 23.1 Å². The maximum Gasteiger partial charge on any atom is 0.393 e. The zero-order valence-electron chi connectivity index (χ0n) is 15.0. The number of carbonyl (C=O) groups is 1. The number of fused-ring (bicyclic) bond motifs is 1. The molecule has 7 nitrogen and oxygen atoms in total. The summed E-state index contributed by atoms with van der Waals surface area (Å²) in [5.41, 5.74) is 2.66. The highest BCUT2D eigenvalue weighted by Gasteiger charge is 2.27. The van der Waals surface area contributed by atoms with Crippen molar-refractivity contribution >= 4 is 12.1 Å². The maximum absolute atomic E-state index is 12.5. The van der Waals surface area contributed by atoms with Gasteiger partial charge in [-0.1, -0.05) is 30.3 Å². The molecule has 0 radical (unpaired) electrons. The monoisotopic (exact) mass is 403 g/mol. The summed E-state index contributed by atoms with van der Waals surface area (Å²) in [6.07, 6.45) is -0.158. The highest BCUT2D eigenvalue weighted by molar-refractivity contribution is 5.56. The summed E-state index contributed by atoms with van der Waals surface area (Å²) in [5.74, 6) is 0.681. The van der Waals surface area contributed by atoms with Gasteiger partial charge >= 0.3 is 6.18 Å². The minimum Gasteiger partial charge on any atom is -0.483 e. The zero-order valence-corrected chi connectivity index (χ0v) is 15.0. The van der Waals surface area contributed by atoms with Gasteiger partial charge in [0.25, 0.3) is 6.47 Å². The fraction of sp³-hybridized carbons (Fsp3) is 0.158. The molecule has 0 aliphatic heterocycles. The predicted octanol–water partition coefficient (Wildman–Crippen LogP) is 3.45. The molecule has 3 heterocycles. The molecule has 4 aromatic rings. The molecule has 10 heteroatoms. The van der Waals surface area contributed by atoms with Crippen LogP contribution in [0.25, 0.3) is 17.0 Å². The van der Waals surface area contributed by atoms with Crippen LogP contribution in [-0.2, 0) is 17.8 Å². The van der Waals surface area contributed by atoms with Crippen molar-refractivity contribution in [3.8, 4) is 11.4 Å². The molecule has 0 amide bonds. The molecule has 0 aliphatic rings. The quantitative estimate of drug-likeness (QED) is 0.528. The van der Waals surface area contributed by atoms with Crippen molar-refractivity contribution in [1.29, 1.82) is 0 Å². The van der Waals surface area contributed by atoms with Crippen LogP contribution in [0.4, 0.5) is 13.2 Å². The van der Waals surface area contributed by atoms with E-state index in [0.717, 1.165) is 16.9 Å². The van der Waals surface area contributed by atoms with Crippen LogP contribution < -0.4 is 0 Å². The van der Waals surface area contributed by atoms with E-state index in [1.807, 2.05) is 29.0 Å². The molecule has 0 aliphatic carbocycles. The van der Waals surface area contributed by atoms with Gasteiger partial charge in [-0.25, -0.2) is 14.5 Å². The average Bonchev–Trinajstić information content (AvgIpc) is 3.31. The number of halogens is 3. The topological polar surface area (TPSA) is 85.3 Å². The van der Waals surface area contributed by atoms with Gasteiger partial charge in [-0.3, -0.25) is 4.79 Å². The van der Waals surface area contributed by atoms with E-state index >= 15 is 0 Å². The molecule has 0 fully saturated rings. The molecule has 0 unspecified atom stereocenters. The number of carboxylic acid groups (broad SMARTS) is 1. The number of benzene rings is 1. The molecule has 29 heavy (non-hydrogen) atoms. The molecule has 150 valence electrons. The number of rotatable bonds is 4. The van der Waals surface area contributed by atoms with Crippen LogP contribution in [0.2, 0.25) is 0 Å². The van der Waals surface area contributed by atoms with Crippen molar-refractivity contribution in [2.75, 3.05) is 0 Å². The van der Waals surface area contributed by atoms with E-state index in [1.54, 1.807) is 22.8 Å². The largest absolute Gasteiger partial charge is 0.483 e. The van der Waals surface area contributed by atoms with Crippen LogP contribution in [0.1, 0.15) is 11.3 Å². The van der Waals surface area contributed by atoms with E-state index in [9.17, 15) is 13.2 Å². The van der Waals surface area contributed by atoms with Gasteiger partial charge in [-0.05, 0) is 17.7 Å². The fourth-order valence-electron chi connectivity index (χ4n) is 2.90. The molecule has 3 aromatic heterocycles. The number of aromatic nitrogens is 5. The smallest absolute Gasteiger partial charge is 0.393 e. The van der Waals surface area contributed by atoms with E-state index in [4.69, 9.17) is 9.90 Å². The summed E-state index contributed by atoms with van der Waals surface area (Å²) in [6, 6.07) is 12.0. The van der Waals surface area contributed by atoms with Gasteiger partial charge in [0.2, 0.25) is 0 Å². The first-order valence-electron chi connectivity index (χ1n) is 8.44. The Labute approximate surface area is 163 Å². The maximum atomic E-state index is 12.5. The fourth-order valence-corrected chi connectivity index (χ4v) is 2.90. The Morgan fingerprint density at radius 2 is 1.79 bits per heavy atom. The van der Waals surface area contributed by atoms with Crippen LogP contribution in [-0.4, -0.2) is 41.9 Å². The van der Waals surface area contributed by atoms with Crippen LogP contribution >= 0.6 is 0 Å². The lowest BCUT2D eigenvalue weighted by atomic mass is 10.1. The van der Waals surface area contributed by atoms with Gasteiger partial charge in [-0.2, -0.15) is 18.3 Å². The lowest BCUT2D eigenvalue weighted by Gasteiger charge is -2.10. The van der Waals surface area contributed by atoms with E-state index in [2.05, 4.69) is 15.1 Å². The third-order valence-electron chi connectivity index (χ3n) is 4.04. The molecule has 0 saturated heterocycles. The molecule has 1 aromatic carbocycles. The van der Waals surface area contributed by atoms with Crippen molar-refractivity contribution in [3.63, 3.8) is 0 Å². The Morgan fingerprint density at radius 1 is 1.07 bits per heavy atom. The first-order chi connectivity index (χ1) is 13.9. The van der Waals surface area contributed by atoms with Gasteiger partial charge in [0.05, 0.1) is 18.7 Å². The summed E-state index contributed by atoms with van der Waals surface area (Å²) in [5, 5.41) is 11.1. The highest BCUT2D eigenvalue weighted by atomic mass is 19.4. The normalized spacial score (nSPS) is 11.1. The van der Waals surface area contributed by atoms with Crippen LogP contribution in [0, 0.1) is 0 Å². The summed E-state index contributed by atoms with van der Waals surface area (Å²) in [7, 11) is 0. The van der Waals surface area contributed by atoms with E-state index in [0.29, 0.717) is 12.4 Å². The average molecular weight is 403 g/mol. The molecule has 1 N–H and O–H groups in total. The van der Waals surface area contributed by atoms with Crippen LogP contribution in [0.3, 0.4) is 0 Å². The highest BCUT2D eigenvalue weighted by Crippen LogP contribution is 2.24.